The van der Waals surface area contributed by atoms with Crippen LogP contribution in [0.4, 0.5) is 0 Å². The van der Waals surface area contributed by atoms with Crippen LogP contribution in [-0.4, -0.2) is 22.6 Å². The summed E-state index contributed by atoms with van der Waals surface area (Å²) in [5.74, 6) is 4.59. The van der Waals surface area contributed by atoms with E-state index in [9.17, 15) is 0 Å². The second-order valence-electron chi connectivity index (χ2n) is 11.8. The summed E-state index contributed by atoms with van der Waals surface area (Å²) in [5.41, 5.74) is 8.25. The minimum absolute atomic E-state index is 0.249. The van der Waals surface area contributed by atoms with E-state index >= 15 is 0 Å². The number of benzene rings is 1. The van der Waals surface area contributed by atoms with Crippen LogP contribution in [0, 0.1) is 23.7 Å². The third kappa shape index (κ3) is 2.98. The molecule has 0 N–H and O–H groups in total. The Morgan fingerprint density at radius 3 is 1.17 bits per heavy atom. The normalized spacial score (nSPS) is 48.7. The predicted octanol–water partition coefficient (Wildman–Crippen LogP) is 8.35. The lowest BCUT2D eigenvalue weighted by Gasteiger charge is -2.28. The molecule has 0 aromatic heterocycles. The van der Waals surface area contributed by atoms with Crippen molar-refractivity contribution in [1.29, 1.82) is 0 Å². The quantitative estimate of drug-likeness (QED) is 0.414. The first kappa shape index (κ1) is 19.5. The summed E-state index contributed by atoms with van der Waals surface area (Å²) in [6, 6.07) is 9.91. The maximum absolute atomic E-state index is 2.58. The van der Waals surface area contributed by atoms with Crippen molar-refractivity contribution in [2.24, 2.45) is 23.7 Å². The zero-order valence-corrected chi connectivity index (χ0v) is 20.5. The average Bonchev–Trinajstić information content (AvgIpc) is 3.56. The third-order valence-corrected chi connectivity index (χ3v) is 18.1. The van der Waals surface area contributed by atoms with Gasteiger partial charge in [0.05, 0.1) is 0 Å². The topological polar surface area (TPSA) is 0 Å². The van der Waals surface area contributed by atoms with Crippen LogP contribution < -0.4 is 0 Å². The predicted molar refractivity (Wildman–Crippen MR) is 132 cm³/mol. The Morgan fingerprint density at radius 2 is 0.833 bits per heavy atom. The fourth-order valence-corrected chi connectivity index (χ4v) is 18.6. The summed E-state index contributed by atoms with van der Waals surface area (Å²) in [6.45, 7) is 0. The van der Waals surface area contributed by atoms with E-state index in [1.54, 1.807) is 77.0 Å². The minimum Gasteiger partial charge on any atom is -0.0953 e. The van der Waals surface area contributed by atoms with Gasteiger partial charge in [-0.25, -0.2) is 0 Å². The molecule has 2 heterocycles. The van der Waals surface area contributed by atoms with Crippen LogP contribution in [0.1, 0.15) is 88.2 Å². The summed E-state index contributed by atoms with van der Waals surface area (Å²) in [7, 11) is 0.497. The van der Waals surface area contributed by atoms with Crippen LogP contribution in [0.15, 0.2) is 24.3 Å². The SMILES string of the molecule is c1ccc(CP2[C@@H]3CCC[C@@H]3[C@H]3CCC[C@H]32)c(CP2[C@@H]3CCC[C@@H]3[C@H]3CCC[C@H]32)c1. The molecule has 2 heteroatoms. The van der Waals surface area contributed by atoms with Gasteiger partial charge < -0.3 is 0 Å². The largest absolute Gasteiger partial charge is 0.0953 e. The monoisotopic (exact) mass is 438 g/mol. The molecule has 0 radical (unpaired) electrons. The highest BCUT2D eigenvalue weighted by Crippen LogP contribution is 2.72. The molecule has 6 fully saturated rings. The third-order valence-electron chi connectivity index (χ3n) is 10.8. The van der Waals surface area contributed by atoms with Gasteiger partial charge in [-0.05, 0) is 121 Å². The van der Waals surface area contributed by atoms with Gasteiger partial charge in [0.2, 0.25) is 0 Å². The summed E-state index contributed by atoms with van der Waals surface area (Å²) >= 11 is 0. The Labute approximate surface area is 186 Å². The molecule has 4 saturated carbocycles. The van der Waals surface area contributed by atoms with Gasteiger partial charge in [0.25, 0.3) is 0 Å². The molecule has 6 aliphatic rings. The van der Waals surface area contributed by atoms with Crippen molar-refractivity contribution in [3.8, 4) is 0 Å². The fraction of sp³-hybridized carbons (Fsp3) is 0.786. The molecular weight excluding hydrogens is 398 g/mol. The maximum atomic E-state index is 2.58. The Kier molecular flexibility index (Phi) is 5.11. The van der Waals surface area contributed by atoms with Crippen molar-refractivity contribution in [2.75, 3.05) is 0 Å². The van der Waals surface area contributed by atoms with E-state index in [1.807, 2.05) is 11.1 Å². The highest BCUT2D eigenvalue weighted by molar-refractivity contribution is 7.59. The van der Waals surface area contributed by atoms with Gasteiger partial charge in [0, 0.05) is 0 Å². The minimum atomic E-state index is 0.249. The second kappa shape index (κ2) is 7.84. The smallest absolute Gasteiger partial charge is 0.00651 e. The molecular formula is C28H40P2. The highest BCUT2D eigenvalue weighted by atomic mass is 31.1. The summed E-state index contributed by atoms with van der Waals surface area (Å²) in [4.78, 5) is 0. The molecule has 7 rings (SSSR count). The van der Waals surface area contributed by atoms with E-state index < -0.39 is 0 Å². The first-order valence-corrected chi connectivity index (χ1v) is 16.8. The standard InChI is InChI=1S/C28H40P2/c1-2-8-20(18-30-27-15-5-11-23(27)24-12-6-16-28(24)30)19(7-1)17-29-25-13-3-9-21(25)22-10-4-14-26(22)29/h1-2,7-8,21-28H,3-6,9-18H2/t21-,22-,23-,24-,25-,26-,27-,28-/m1/s1. The van der Waals surface area contributed by atoms with Gasteiger partial charge in [0.1, 0.15) is 0 Å². The van der Waals surface area contributed by atoms with E-state index in [4.69, 9.17) is 0 Å². The number of hydrogen-bond donors (Lipinski definition) is 0. The van der Waals surface area contributed by atoms with E-state index in [0.29, 0.717) is 0 Å². The van der Waals surface area contributed by atoms with Gasteiger partial charge in [-0.15, -0.1) is 0 Å². The van der Waals surface area contributed by atoms with Crippen LogP contribution in [0.3, 0.4) is 0 Å². The Bertz CT molecular complexity index is 684. The van der Waals surface area contributed by atoms with E-state index in [-0.39, 0.29) is 15.8 Å². The van der Waals surface area contributed by atoms with E-state index in [1.165, 1.54) is 12.3 Å². The van der Waals surface area contributed by atoms with Crippen molar-refractivity contribution in [1.82, 2.24) is 0 Å². The van der Waals surface area contributed by atoms with Crippen LogP contribution in [-0.2, 0) is 12.3 Å². The lowest BCUT2D eigenvalue weighted by Crippen LogP contribution is -2.13. The molecule has 0 bridgehead atoms. The summed E-state index contributed by atoms with van der Waals surface area (Å²) in [5, 5.41) is 0. The van der Waals surface area contributed by atoms with Crippen molar-refractivity contribution in [2.45, 2.75) is 112 Å². The molecule has 1 aromatic carbocycles. The number of hydrogen-bond acceptors (Lipinski definition) is 0. The first-order chi connectivity index (χ1) is 14.9. The van der Waals surface area contributed by atoms with Gasteiger partial charge in [-0.2, -0.15) is 0 Å². The molecule has 2 aliphatic heterocycles. The Morgan fingerprint density at radius 1 is 0.500 bits per heavy atom. The molecule has 0 unspecified atom stereocenters. The van der Waals surface area contributed by atoms with Crippen LogP contribution in [0.5, 0.6) is 0 Å². The molecule has 30 heavy (non-hydrogen) atoms. The average molecular weight is 439 g/mol. The molecule has 0 nitrogen and oxygen atoms in total. The lowest BCUT2D eigenvalue weighted by molar-refractivity contribution is 0.384. The highest BCUT2D eigenvalue weighted by Gasteiger charge is 2.54. The van der Waals surface area contributed by atoms with Gasteiger partial charge in [-0.3, -0.25) is 0 Å². The Balaban J connectivity index is 1.15. The molecule has 2 saturated heterocycles. The van der Waals surface area contributed by atoms with Crippen molar-refractivity contribution in [3.63, 3.8) is 0 Å². The van der Waals surface area contributed by atoms with E-state index in [0.717, 1.165) is 46.3 Å². The van der Waals surface area contributed by atoms with Crippen LogP contribution >= 0.6 is 15.8 Å². The fourth-order valence-electron chi connectivity index (χ4n) is 9.74. The van der Waals surface area contributed by atoms with Gasteiger partial charge >= 0.3 is 0 Å². The van der Waals surface area contributed by atoms with Crippen molar-refractivity contribution >= 4 is 15.8 Å². The summed E-state index contributed by atoms with van der Waals surface area (Å²) in [6.07, 6.45) is 21.9. The second-order valence-corrected chi connectivity index (χ2v) is 17.1. The summed E-state index contributed by atoms with van der Waals surface area (Å²) < 4.78 is 0. The molecule has 1 aromatic rings. The van der Waals surface area contributed by atoms with Gasteiger partial charge in [-0.1, -0.05) is 65.8 Å². The van der Waals surface area contributed by atoms with E-state index in [2.05, 4.69) is 24.3 Å². The molecule has 8 atom stereocenters. The maximum Gasteiger partial charge on any atom is -0.00651 e. The van der Waals surface area contributed by atoms with Crippen molar-refractivity contribution < 1.29 is 0 Å². The molecule has 0 amide bonds. The zero-order chi connectivity index (χ0) is 19.7. The molecule has 0 spiro atoms. The number of fused-ring (bicyclic) bond motifs is 6. The Hall–Kier alpha value is 0.0800. The first-order valence-electron chi connectivity index (χ1n) is 13.5. The zero-order valence-electron chi connectivity index (χ0n) is 18.7. The van der Waals surface area contributed by atoms with Gasteiger partial charge in [0.15, 0.2) is 0 Å². The lowest BCUT2D eigenvalue weighted by atomic mass is 9.90. The number of rotatable bonds is 4. The molecule has 162 valence electrons. The van der Waals surface area contributed by atoms with Crippen molar-refractivity contribution in [3.05, 3.63) is 35.4 Å². The molecule has 4 aliphatic carbocycles. The van der Waals surface area contributed by atoms with Crippen LogP contribution in [0.2, 0.25) is 0 Å². The van der Waals surface area contributed by atoms with Crippen LogP contribution in [0.25, 0.3) is 0 Å².